The topological polar surface area (TPSA) is 59.0 Å². The molecule has 2 heterocycles. The Morgan fingerprint density at radius 3 is 3.05 bits per heavy atom. The molecule has 5 nitrogen and oxygen atoms in total. The first-order valence-corrected chi connectivity index (χ1v) is 6.56. The summed E-state index contributed by atoms with van der Waals surface area (Å²) in [6.07, 6.45) is 2.55. The first kappa shape index (κ1) is 15.5. The molecule has 0 saturated heterocycles. The maximum Gasteiger partial charge on any atom is 0.275 e. The van der Waals surface area contributed by atoms with Crippen LogP contribution in [0.25, 0.3) is 0 Å². The van der Waals surface area contributed by atoms with Crippen molar-refractivity contribution in [2.45, 2.75) is 13.0 Å². The van der Waals surface area contributed by atoms with Crippen molar-refractivity contribution in [3.05, 3.63) is 47.8 Å². The summed E-state index contributed by atoms with van der Waals surface area (Å²) in [5.41, 5.74) is 0.797. The van der Waals surface area contributed by atoms with Crippen LogP contribution in [-0.2, 0) is 13.0 Å². The van der Waals surface area contributed by atoms with E-state index in [-0.39, 0.29) is 24.1 Å². The van der Waals surface area contributed by atoms with E-state index in [0.29, 0.717) is 11.4 Å². The van der Waals surface area contributed by atoms with Gasteiger partial charge in [0.25, 0.3) is 5.91 Å². The third kappa shape index (κ3) is 3.59. The molecule has 0 spiro atoms. The van der Waals surface area contributed by atoms with Gasteiger partial charge in [0, 0.05) is 37.9 Å². The van der Waals surface area contributed by atoms with Crippen LogP contribution in [0.4, 0.5) is 10.1 Å². The summed E-state index contributed by atoms with van der Waals surface area (Å²) in [7, 11) is 0. The Labute approximate surface area is 128 Å². The van der Waals surface area contributed by atoms with Crippen molar-refractivity contribution < 1.29 is 9.18 Å². The number of nitrogens with one attached hydrogen (secondary N) is 2. The summed E-state index contributed by atoms with van der Waals surface area (Å²) >= 11 is 0. The minimum atomic E-state index is -0.380. The fraction of sp³-hybridized carbons (Fsp3) is 0.286. The Morgan fingerprint density at radius 2 is 2.24 bits per heavy atom. The summed E-state index contributed by atoms with van der Waals surface area (Å²) in [5.74, 6) is 0.207. The zero-order valence-corrected chi connectivity index (χ0v) is 12.1. The number of carbonyl (C=O) groups is 1. The molecule has 112 valence electrons. The molecule has 1 aliphatic rings. The second kappa shape index (κ2) is 6.69. The molecule has 7 heteroatoms. The van der Waals surface area contributed by atoms with Gasteiger partial charge in [0.05, 0.1) is 0 Å². The van der Waals surface area contributed by atoms with Gasteiger partial charge in [0.2, 0.25) is 0 Å². The van der Waals surface area contributed by atoms with E-state index in [4.69, 9.17) is 0 Å². The number of aromatic nitrogens is 2. The fourth-order valence-electron chi connectivity index (χ4n) is 2.24. The molecule has 0 unspecified atom stereocenters. The molecule has 1 aliphatic heterocycles. The van der Waals surface area contributed by atoms with Gasteiger partial charge in [-0.2, -0.15) is 0 Å². The van der Waals surface area contributed by atoms with E-state index in [2.05, 4.69) is 15.6 Å². The Hall–Kier alpha value is -1.92. The lowest BCUT2D eigenvalue weighted by molar-refractivity contribution is 0.102. The lowest BCUT2D eigenvalue weighted by atomic mass is 10.3. The molecule has 2 aromatic rings. The van der Waals surface area contributed by atoms with Crippen LogP contribution in [0, 0.1) is 5.82 Å². The summed E-state index contributed by atoms with van der Waals surface area (Å²) < 4.78 is 15.1. The Morgan fingerprint density at radius 1 is 1.38 bits per heavy atom. The number of benzene rings is 1. The van der Waals surface area contributed by atoms with Crippen LogP contribution in [0.2, 0.25) is 0 Å². The van der Waals surface area contributed by atoms with Gasteiger partial charge in [-0.15, -0.1) is 12.4 Å². The van der Waals surface area contributed by atoms with Crippen molar-refractivity contribution >= 4 is 24.0 Å². The summed E-state index contributed by atoms with van der Waals surface area (Å²) in [6, 6.07) is 5.81. The van der Waals surface area contributed by atoms with Crippen LogP contribution in [0.15, 0.2) is 30.5 Å². The van der Waals surface area contributed by atoms with Crippen molar-refractivity contribution in [2.24, 2.45) is 0 Å². The Kier molecular flexibility index (Phi) is 4.93. The number of halogens is 2. The molecule has 1 aromatic carbocycles. The summed E-state index contributed by atoms with van der Waals surface area (Å²) in [6.45, 7) is 2.53. The Bertz CT molecular complexity index is 620. The second-order valence-corrected chi connectivity index (χ2v) is 4.70. The molecule has 0 aliphatic carbocycles. The molecule has 0 atom stereocenters. The highest BCUT2D eigenvalue weighted by Gasteiger charge is 2.15. The third-order valence-electron chi connectivity index (χ3n) is 3.23. The van der Waals surface area contributed by atoms with Gasteiger partial charge in [-0.25, -0.2) is 9.37 Å². The lowest BCUT2D eigenvalue weighted by Gasteiger charge is -2.03. The van der Waals surface area contributed by atoms with Gasteiger partial charge in [-0.05, 0) is 18.2 Å². The van der Waals surface area contributed by atoms with Crippen LogP contribution in [-0.4, -0.2) is 28.5 Å². The Balaban J connectivity index is 0.00000161. The van der Waals surface area contributed by atoms with Crippen LogP contribution in [0.5, 0.6) is 0 Å². The standard InChI is InChI=1S/C14H15FN4O.ClH/c15-10-2-1-3-11(8-10)17-14(20)12-9-19-7-6-16-5-4-13(19)18-12;/h1-3,8-9,16H,4-7H2,(H,17,20);1H. The third-order valence-corrected chi connectivity index (χ3v) is 3.23. The molecule has 21 heavy (non-hydrogen) atoms. The zero-order valence-electron chi connectivity index (χ0n) is 11.3. The summed E-state index contributed by atoms with van der Waals surface area (Å²) in [4.78, 5) is 16.5. The first-order valence-electron chi connectivity index (χ1n) is 6.56. The number of hydrogen-bond donors (Lipinski definition) is 2. The molecule has 1 amide bonds. The number of fused-ring (bicyclic) bond motifs is 1. The van der Waals surface area contributed by atoms with Gasteiger partial charge in [-0.3, -0.25) is 4.79 Å². The minimum absolute atomic E-state index is 0. The number of carbonyl (C=O) groups excluding carboxylic acids is 1. The molecular formula is C14H16ClFN4O. The van der Waals surface area contributed by atoms with Crippen LogP contribution < -0.4 is 10.6 Å². The van der Waals surface area contributed by atoms with Crippen LogP contribution >= 0.6 is 12.4 Å². The first-order chi connectivity index (χ1) is 9.72. The van der Waals surface area contributed by atoms with Crippen molar-refractivity contribution in [3.8, 4) is 0 Å². The van der Waals surface area contributed by atoms with E-state index < -0.39 is 0 Å². The maximum atomic E-state index is 13.1. The van der Waals surface area contributed by atoms with Gasteiger partial charge in [0.15, 0.2) is 0 Å². The van der Waals surface area contributed by atoms with Gasteiger partial charge in [-0.1, -0.05) is 6.07 Å². The molecule has 0 fully saturated rings. The van der Waals surface area contributed by atoms with E-state index in [1.165, 1.54) is 12.1 Å². The predicted octanol–water partition coefficient (Wildman–Crippen LogP) is 1.84. The molecule has 2 N–H and O–H groups in total. The fourth-order valence-corrected chi connectivity index (χ4v) is 2.24. The minimum Gasteiger partial charge on any atom is -0.333 e. The molecule has 0 bridgehead atoms. The highest BCUT2D eigenvalue weighted by molar-refractivity contribution is 6.02. The number of rotatable bonds is 2. The average molecular weight is 311 g/mol. The van der Waals surface area contributed by atoms with Crippen molar-refractivity contribution in [2.75, 3.05) is 18.4 Å². The van der Waals surface area contributed by atoms with E-state index in [9.17, 15) is 9.18 Å². The van der Waals surface area contributed by atoms with Gasteiger partial charge >= 0.3 is 0 Å². The largest absolute Gasteiger partial charge is 0.333 e. The highest BCUT2D eigenvalue weighted by Crippen LogP contribution is 2.12. The van der Waals surface area contributed by atoms with Gasteiger partial charge < -0.3 is 15.2 Å². The highest BCUT2D eigenvalue weighted by atomic mass is 35.5. The van der Waals surface area contributed by atoms with E-state index in [1.807, 2.05) is 4.57 Å². The van der Waals surface area contributed by atoms with Crippen molar-refractivity contribution in [3.63, 3.8) is 0 Å². The number of hydrogen-bond acceptors (Lipinski definition) is 3. The molecule has 1 aromatic heterocycles. The van der Waals surface area contributed by atoms with E-state index >= 15 is 0 Å². The van der Waals surface area contributed by atoms with Crippen molar-refractivity contribution in [1.82, 2.24) is 14.9 Å². The summed E-state index contributed by atoms with van der Waals surface area (Å²) in [5, 5.41) is 5.93. The molecule has 0 saturated carbocycles. The zero-order chi connectivity index (χ0) is 13.9. The number of anilines is 1. The lowest BCUT2D eigenvalue weighted by Crippen LogP contribution is -2.18. The van der Waals surface area contributed by atoms with Crippen molar-refractivity contribution in [1.29, 1.82) is 0 Å². The quantitative estimate of drug-likeness (QED) is 0.890. The van der Waals surface area contributed by atoms with E-state index in [1.54, 1.807) is 18.3 Å². The SMILES string of the molecule is Cl.O=C(Nc1cccc(F)c1)c1cn2c(n1)CCNCC2. The maximum absolute atomic E-state index is 13.1. The second-order valence-electron chi connectivity index (χ2n) is 4.70. The van der Waals surface area contributed by atoms with Crippen LogP contribution in [0.1, 0.15) is 16.3 Å². The van der Waals surface area contributed by atoms with Crippen LogP contribution in [0.3, 0.4) is 0 Å². The average Bonchev–Trinajstić information content (AvgIpc) is 2.70. The number of amides is 1. The smallest absolute Gasteiger partial charge is 0.275 e. The molecule has 0 radical (unpaired) electrons. The number of nitrogens with zero attached hydrogens (tertiary/aromatic N) is 2. The number of imidazole rings is 1. The van der Waals surface area contributed by atoms with Gasteiger partial charge in [0.1, 0.15) is 17.3 Å². The predicted molar refractivity (Wildman–Crippen MR) is 80.4 cm³/mol. The molecular weight excluding hydrogens is 295 g/mol. The molecule has 3 rings (SSSR count). The van der Waals surface area contributed by atoms with E-state index in [0.717, 1.165) is 31.9 Å². The normalized spacial score (nSPS) is 13.8. The monoisotopic (exact) mass is 310 g/mol.